The highest BCUT2D eigenvalue weighted by atomic mass is 35.5. The molecule has 2 heterocycles. The second kappa shape index (κ2) is 6.11. The number of amides is 1. The number of H-pyrrole nitrogens is 1. The number of hydrogen-bond donors (Lipinski definition) is 2. The number of aliphatic hydroxyl groups is 1. The van der Waals surface area contributed by atoms with E-state index in [1.54, 1.807) is 0 Å². The van der Waals surface area contributed by atoms with Crippen molar-refractivity contribution in [2.24, 2.45) is 0 Å². The van der Waals surface area contributed by atoms with Crippen LogP contribution < -0.4 is 0 Å². The number of aromatic nitrogens is 1. The highest BCUT2D eigenvalue weighted by molar-refractivity contribution is 6.31. The highest BCUT2D eigenvalue weighted by Gasteiger charge is 2.53. The first kappa shape index (κ1) is 16.8. The summed E-state index contributed by atoms with van der Waals surface area (Å²) in [6.45, 7) is 0.691. The second-order valence-electron chi connectivity index (χ2n) is 7.69. The van der Waals surface area contributed by atoms with Crippen LogP contribution in [0.25, 0.3) is 22.0 Å². The Labute approximate surface area is 162 Å². The van der Waals surface area contributed by atoms with E-state index in [9.17, 15) is 9.90 Å². The van der Waals surface area contributed by atoms with Crippen LogP contribution in [0, 0.1) is 0 Å². The zero-order chi connectivity index (χ0) is 18.6. The molecule has 3 aromatic rings. The van der Waals surface area contributed by atoms with Crippen molar-refractivity contribution in [1.29, 1.82) is 0 Å². The molecule has 0 spiro atoms. The number of nitrogens with zero attached hydrogens (tertiary/aromatic N) is 1. The van der Waals surface area contributed by atoms with Crippen LogP contribution in [0.4, 0.5) is 0 Å². The maximum absolute atomic E-state index is 13.5. The first-order chi connectivity index (χ1) is 13.1. The van der Waals surface area contributed by atoms with Crippen molar-refractivity contribution in [2.45, 2.75) is 37.3 Å². The predicted molar refractivity (Wildman–Crippen MR) is 107 cm³/mol. The van der Waals surface area contributed by atoms with Crippen molar-refractivity contribution in [2.75, 3.05) is 6.54 Å². The molecule has 1 aromatic heterocycles. The summed E-state index contributed by atoms with van der Waals surface area (Å²) in [5, 5.41) is 12.2. The average Bonchev–Trinajstić information content (AvgIpc) is 3.11. The van der Waals surface area contributed by atoms with Gasteiger partial charge in [-0.2, -0.15) is 0 Å². The summed E-state index contributed by atoms with van der Waals surface area (Å²) in [6.07, 6.45) is 3.38. The van der Waals surface area contributed by atoms with Crippen LogP contribution in [0.3, 0.4) is 0 Å². The number of halogens is 1. The molecule has 1 amide bonds. The molecule has 2 aliphatic rings. The van der Waals surface area contributed by atoms with E-state index >= 15 is 0 Å². The molecular weight excluding hydrogens is 360 g/mol. The average molecular weight is 381 g/mol. The number of aromatic amines is 1. The molecule has 0 radical (unpaired) electrons. The number of nitrogens with one attached hydrogen (secondary N) is 1. The molecule has 1 aliphatic carbocycles. The van der Waals surface area contributed by atoms with Gasteiger partial charge in [0.2, 0.25) is 0 Å². The molecule has 2 N–H and O–H groups in total. The lowest BCUT2D eigenvalue weighted by Crippen LogP contribution is -2.44. The van der Waals surface area contributed by atoms with E-state index in [1.807, 2.05) is 53.4 Å². The van der Waals surface area contributed by atoms with Crippen LogP contribution in [-0.2, 0) is 0 Å². The Hall–Kier alpha value is -2.30. The van der Waals surface area contributed by atoms with Gasteiger partial charge in [-0.15, -0.1) is 0 Å². The molecule has 4 nitrogen and oxygen atoms in total. The zero-order valence-electron chi connectivity index (χ0n) is 14.9. The summed E-state index contributed by atoms with van der Waals surface area (Å²) in [7, 11) is 0. The Morgan fingerprint density at radius 3 is 2.70 bits per heavy atom. The molecular formula is C22H21ClN2O2. The molecule has 27 heavy (non-hydrogen) atoms. The Morgan fingerprint density at radius 1 is 1.19 bits per heavy atom. The largest absolute Gasteiger partial charge is 0.388 e. The minimum Gasteiger partial charge on any atom is -0.388 e. The molecule has 5 rings (SSSR count). The molecule has 1 unspecified atom stereocenters. The van der Waals surface area contributed by atoms with Crippen molar-refractivity contribution in [3.05, 3.63) is 59.2 Å². The maximum atomic E-state index is 13.5. The van der Waals surface area contributed by atoms with Crippen LogP contribution in [0.1, 0.15) is 36.2 Å². The van der Waals surface area contributed by atoms with Crippen molar-refractivity contribution in [3.63, 3.8) is 0 Å². The fourth-order valence-electron chi connectivity index (χ4n) is 4.40. The Kier molecular flexibility index (Phi) is 3.81. The van der Waals surface area contributed by atoms with Gasteiger partial charge in [-0.05, 0) is 49.4 Å². The van der Waals surface area contributed by atoms with Crippen LogP contribution in [-0.4, -0.2) is 39.1 Å². The number of benzene rings is 2. The van der Waals surface area contributed by atoms with Gasteiger partial charge in [-0.3, -0.25) is 4.79 Å². The number of fused-ring (bicyclic) bond motifs is 1. The van der Waals surface area contributed by atoms with Gasteiger partial charge in [0.15, 0.2) is 0 Å². The Bertz CT molecular complexity index is 1020. The maximum Gasteiger partial charge on any atom is 0.271 e. The van der Waals surface area contributed by atoms with Crippen molar-refractivity contribution < 1.29 is 9.90 Å². The van der Waals surface area contributed by atoms with Gasteiger partial charge in [0.25, 0.3) is 5.91 Å². The van der Waals surface area contributed by atoms with Crippen molar-refractivity contribution in [1.82, 2.24) is 9.88 Å². The van der Waals surface area contributed by atoms with Gasteiger partial charge in [0.05, 0.1) is 11.6 Å². The molecule has 2 fully saturated rings. The first-order valence-corrected chi connectivity index (χ1v) is 9.85. The fourth-order valence-corrected chi connectivity index (χ4v) is 4.57. The third kappa shape index (κ3) is 2.75. The monoisotopic (exact) mass is 380 g/mol. The molecule has 0 bridgehead atoms. The summed E-state index contributed by atoms with van der Waals surface area (Å²) in [4.78, 5) is 18.7. The molecule has 2 aromatic carbocycles. The second-order valence-corrected chi connectivity index (χ2v) is 8.13. The van der Waals surface area contributed by atoms with E-state index in [0.717, 1.165) is 47.7 Å². The van der Waals surface area contributed by atoms with Gasteiger partial charge in [0.1, 0.15) is 5.69 Å². The zero-order valence-corrected chi connectivity index (χ0v) is 15.7. The SMILES string of the molecule is O=C(c1[nH]c2ccc(Cl)cc2c1-c1ccccc1)N1CCCC1C1(O)CC1. The van der Waals surface area contributed by atoms with Crippen LogP contribution in [0.5, 0.6) is 0 Å². The summed E-state index contributed by atoms with van der Waals surface area (Å²) in [5.41, 5.74) is 2.65. The van der Waals surface area contributed by atoms with Gasteiger partial charge >= 0.3 is 0 Å². The van der Waals surface area contributed by atoms with E-state index in [0.29, 0.717) is 17.3 Å². The minimum absolute atomic E-state index is 0.0380. The van der Waals surface area contributed by atoms with Crippen molar-refractivity contribution >= 4 is 28.4 Å². The topological polar surface area (TPSA) is 56.3 Å². The molecule has 1 saturated heterocycles. The van der Waals surface area contributed by atoms with Crippen LogP contribution in [0.2, 0.25) is 5.02 Å². The Morgan fingerprint density at radius 2 is 1.96 bits per heavy atom. The van der Waals surface area contributed by atoms with E-state index in [2.05, 4.69) is 4.98 Å². The molecule has 1 saturated carbocycles. The summed E-state index contributed by atoms with van der Waals surface area (Å²) < 4.78 is 0. The quantitative estimate of drug-likeness (QED) is 0.696. The number of likely N-dealkylation sites (tertiary alicyclic amines) is 1. The van der Waals surface area contributed by atoms with Gasteiger partial charge < -0.3 is 15.0 Å². The van der Waals surface area contributed by atoms with E-state index < -0.39 is 5.60 Å². The van der Waals surface area contributed by atoms with Crippen LogP contribution in [0.15, 0.2) is 48.5 Å². The molecule has 5 heteroatoms. The van der Waals surface area contributed by atoms with Crippen molar-refractivity contribution in [3.8, 4) is 11.1 Å². The summed E-state index contributed by atoms with van der Waals surface area (Å²) >= 11 is 6.24. The lowest BCUT2D eigenvalue weighted by molar-refractivity contribution is 0.0383. The van der Waals surface area contributed by atoms with Crippen LogP contribution >= 0.6 is 11.6 Å². The molecule has 1 aliphatic heterocycles. The normalized spacial score (nSPS) is 21.0. The standard InChI is InChI=1S/C22H21ClN2O2/c23-15-8-9-17-16(13-15)19(14-5-2-1-3-6-14)20(24-17)21(26)25-12-4-7-18(25)22(27)10-11-22/h1-3,5-6,8-9,13,18,24,27H,4,7,10-12H2. The predicted octanol–water partition coefficient (Wildman–Crippen LogP) is 4.62. The number of hydrogen-bond acceptors (Lipinski definition) is 2. The highest BCUT2D eigenvalue weighted by Crippen LogP contribution is 2.45. The number of carbonyl (C=O) groups excluding carboxylic acids is 1. The summed E-state index contributed by atoms with van der Waals surface area (Å²) in [6, 6.07) is 15.5. The van der Waals surface area contributed by atoms with E-state index in [-0.39, 0.29) is 11.9 Å². The lowest BCUT2D eigenvalue weighted by atomic mass is 10.0. The van der Waals surface area contributed by atoms with Gasteiger partial charge in [0, 0.05) is 28.0 Å². The third-order valence-corrected chi connectivity index (χ3v) is 6.17. The van der Waals surface area contributed by atoms with Gasteiger partial charge in [-0.25, -0.2) is 0 Å². The fraction of sp³-hybridized carbons (Fsp3) is 0.318. The Balaban J connectivity index is 1.65. The van der Waals surface area contributed by atoms with E-state index in [1.165, 1.54) is 0 Å². The number of rotatable bonds is 3. The third-order valence-electron chi connectivity index (χ3n) is 5.93. The molecule has 138 valence electrons. The molecule has 1 atom stereocenters. The lowest BCUT2D eigenvalue weighted by Gasteiger charge is -2.28. The number of carbonyl (C=O) groups is 1. The van der Waals surface area contributed by atoms with E-state index in [4.69, 9.17) is 11.6 Å². The summed E-state index contributed by atoms with van der Waals surface area (Å²) in [5.74, 6) is -0.0380. The first-order valence-electron chi connectivity index (χ1n) is 9.47. The van der Waals surface area contributed by atoms with Gasteiger partial charge in [-0.1, -0.05) is 41.9 Å². The minimum atomic E-state index is -0.686. The smallest absolute Gasteiger partial charge is 0.271 e.